The van der Waals surface area contributed by atoms with Gasteiger partial charge in [-0.25, -0.2) is 14.4 Å². The number of benzene rings is 2. The molecule has 1 amide bonds. The molecule has 0 bridgehead atoms. The average molecular weight is 375 g/mol. The fourth-order valence-corrected chi connectivity index (χ4v) is 2.91. The highest BCUT2D eigenvalue weighted by atomic mass is 19.1. The Balaban J connectivity index is 1.43. The number of rotatable bonds is 6. The molecule has 0 fully saturated rings. The number of carbonyl (C=O) groups is 1. The molecule has 7 heteroatoms. The largest absolute Gasteiger partial charge is 0.352 e. The zero-order chi connectivity index (χ0) is 19.3. The minimum Gasteiger partial charge on any atom is -0.352 e. The molecule has 6 nitrogen and oxygen atoms in total. The molecule has 4 aromatic rings. The first kappa shape index (κ1) is 17.8. The van der Waals surface area contributed by atoms with Gasteiger partial charge in [-0.3, -0.25) is 9.78 Å². The molecule has 2 N–H and O–H groups in total. The maximum Gasteiger partial charge on any atom is 0.251 e. The van der Waals surface area contributed by atoms with E-state index in [2.05, 4.69) is 25.3 Å². The summed E-state index contributed by atoms with van der Waals surface area (Å²) in [6.07, 6.45) is 6.70. The maximum atomic E-state index is 13.1. The Morgan fingerprint density at radius 3 is 2.71 bits per heavy atom. The van der Waals surface area contributed by atoms with Crippen LogP contribution in [-0.2, 0) is 6.42 Å². The number of nitrogens with zero attached hydrogens (tertiary/aromatic N) is 3. The molecule has 0 aliphatic carbocycles. The first-order chi connectivity index (χ1) is 13.7. The van der Waals surface area contributed by atoms with Crippen LogP contribution in [0.15, 0.2) is 61.1 Å². The third-order valence-corrected chi connectivity index (χ3v) is 4.38. The summed E-state index contributed by atoms with van der Waals surface area (Å²) in [6.45, 7) is 0.562. The lowest BCUT2D eigenvalue weighted by Crippen LogP contribution is -2.24. The van der Waals surface area contributed by atoms with Crippen molar-refractivity contribution in [2.75, 3.05) is 6.54 Å². The standard InChI is InChI=1S/C21H18FN5O/c22-16-6-3-14(4-7-16)19-13-26-18-12-15(5-8-17(18)27-19)21(28)25-9-1-2-20-23-10-11-24-20/h3-8,10-13H,1-2,9H2,(H,23,24)(H,25,28). The quantitative estimate of drug-likeness (QED) is 0.505. The Bertz CT molecular complexity index is 1090. The topological polar surface area (TPSA) is 83.6 Å². The average Bonchev–Trinajstić information content (AvgIpc) is 3.24. The van der Waals surface area contributed by atoms with Crippen molar-refractivity contribution in [2.24, 2.45) is 0 Å². The number of imidazole rings is 1. The molecule has 0 saturated heterocycles. The number of carbonyl (C=O) groups excluding carboxylic acids is 1. The van der Waals surface area contributed by atoms with E-state index in [1.54, 1.807) is 48.9 Å². The van der Waals surface area contributed by atoms with Crippen molar-refractivity contribution < 1.29 is 9.18 Å². The van der Waals surface area contributed by atoms with Gasteiger partial charge in [0.15, 0.2) is 0 Å². The van der Waals surface area contributed by atoms with E-state index in [4.69, 9.17) is 0 Å². The predicted octanol–water partition coefficient (Wildman–Crippen LogP) is 3.52. The molecule has 4 rings (SSSR count). The van der Waals surface area contributed by atoms with E-state index in [1.165, 1.54) is 12.1 Å². The van der Waals surface area contributed by atoms with Gasteiger partial charge >= 0.3 is 0 Å². The molecular formula is C21H18FN5O. The lowest BCUT2D eigenvalue weighted by molar-refractivity contribution is 0.0953. The number of aryl methyl sites for hydroxylation is 1. The van der Waals surface area contributed by atoms with Crippen LogP contribution in [0, 0.1) is 5.82 Å². The number of hydrogen-bond acceptors (Lipinski definition) is 4. The van der Waals surface area contributed by atoms with Crippen LogP contribution < -0.4 is 5.32 Å². The summed E-state index contributed by atoms with van der Waals surface area (Å²) in [4.78, 5) is 28.5. The number of fused-ring (bicyclic) bond motifs is 1. The van der Waals surface area contributed by atoms with Gasteiger partial charge in [0.05, 0.1) is 22.9 Å². The van der Waals surface area contributed by atoms with Crippen molar-refractivity contribution in [3.8, 4) is 11.3 Å². The van der Waals surface area contributed by atoms with E-state index in [1.807, 2.05) is 0 Å². The van der Waals surface area contributed by atoms with E-state index < -0.39 is 0 Å². The van der Waals surface area contributed by atoms with Gasteiger partial charge in [0.1, 0.15) is 11.6 Å². The van der Waals surface area contributed by atoms with Crippen LogP contribution in [0.4, 0.5) is 4.39 Å². The highest BCUT2D eigenvalue weighted by Gasteiger charge is 2.09. The van der Waals surface area contributed by atoms with E-state index in [0.717, 1.165) is 24.2 Å². The van der Waals surface area contributed by atoms with Crippen LogP contribution in [0.5, 0.6) is 0 Å². The van der Waals surface area contributed by atoms with Crippen molar-refractivity contribution in [3.05, 3.63) is 78.3 Å². The molecule has 0 saturated carbocycles. The van der Waals surface area contributed by atoms with Crippen LogP contribution in [0.2, 0.25) is 0 Å². The Labute approximate surface area is 160 Å². The van der Waals surface area contributed by atoms with Crippen LogP contribution in [0.25, 0.3) is 22.3 Å². The van der Waals surface area contributed by atoms with E-state index >= 15 is 0 Å². The van der Waals surface area contributed by atoms with Gasteiger partial charge in [-0.15, -0.1) is 0 Å². The highest BCUT2D eigenvalue weighted by Crippen LogP contribution is 2.20. The van der Waals surface area contributed by atoms with Crippen molar-refractivity contribution in [3.63, 3.8) is 0 Å². The molecule has 2 heterocycles. The van der Waals surface area contributed by atoms with Gasteiger partial charge in [0, 0.05) is 36.5 Å². The normalized spacial score (nSPS) is 10.9. The number of aromatic amines is 1. The smallest absolute Gasteiger partial charge is 0.251 e. The Morgan fingerprint density at radius 1 is 1.07 bits per heavy atom. The summed E-state index contributed by atoms with van der Waals surface area (Å²) in [6, 6.07) is 11.3. The monoisotopic (exact) mass is 375 g/mol. The first-order valence-electron chi connectivity index (χ1n) is 8.98. The summed E-state index contributed by atoms with van der Waals surface area (Å²) in [5.74, 6) is 0.468. The van der Waals surface area contributed by atoms with E-state index in [0.29, 0.717) is 28.8 Å². The minimum atomic E-state index is -0.294. The Morgan fingerprint density at radius 2 is 1.93 bits per heavy atom. The molecule has 28 heavy (non-hydrogen) atoms. The van der Waals surface area contributed by atoms with Gasteiger partial charge < -0.3 is 10.3 Å². The summed E-state index contributed by atoms with van der Waals surface area (Å²) in [7, 11) is 0. The molecule has 0 atom stereocenters. The predicted molar refractivity (Wildman–Crippen MR) is 104 cm³/mol. The number of halogens is 1. The van der Waals surface area contributed by atoms with Gasteiger partial charge in [0.25, 0.3) is 5.91 Å². The second-order valence-electron chi connectivity index (χ2n) is 6.36. The highest BCUT2D eigenvalue weighted by molar-refractivity contribution is 5.97. The van der Waals surface area contributed by atoms with Crippen LogP contribution >= 0.6 is 0 Å². The second kappa shape index (κ2) is 7.96. The molecule has 2 aromatic carbocycles. The third kappa shape index (κ3) is 4.03. The summed E-state index contributed by atoms with van der Waals surface area (Å²) < 4.78 is 13.1. The van der Waals surface area contributed by atoms with Crippen molar-refractivity contribution >= 4 is 16.9 Å². The third-order valence-electron chi connectivity index (χ3n) is 4.38. The zero-order valence-corrected chi connectivity index (χ0v) is 15.0. The van der Waals surface area contributed by atoms with Gasteiger partial charge in [-0.1, -0.05) is 0 Å². The Hall–Kier alpha value is -3.61. The SMILES string of the molecule is O=C(NCCCc1ncc[nH]1)c1ccc2nc(-c3ccc(F)cc3)cnc2c1. The van der Waals surface area contributed by atoms with Gasteiger partial charge in [-0.2, -0.15) is 0 Å². The van der Waals surface area contributed by atoms with Crippen LogP contribution in [0.3, 0.4) is 0 Å². The van der Waals surface area contributed by atoms with E-state index in [-0.39, 0.29) is 11.7 Å². The zero-order valence-electron chi connectivity index (χ0n) is 15.0. The lowest BCUT2D eigenvalue weighted by atomic mass is 10.1. The second-order valence-corrected chi connectivity index (χ2v) is 6.36. The first-order valence-corrected chi connectivity index (χ1v) is 8.98. The lowest BCUT2D eigenvalue weighted by Gasteiger charge is -2.07. The maximum absolute atomic E-state index is 13.1. The van der Waals surface area contributed by atoms with Crippen LogP contribution in [-0.4, -0.2) is 32.4 Å². The van der Waals surface area contributed by atoms with Crippen LogP contribution in [0.1, 0.15) is 22.6 Å². The fourth-order valence-electron chi connectivity index (χ4n) is 2.91. The van der Waals surface area contributed by atoms with E-state index in [9.17, 15) is 9.18 Å². The number of nitrogens with one attached hydrogen (secondary N) is 2. The molecule has 0 unspecified atom stereocenters. The molecule has 2 aromatic heterocycles. The van der Waals surface area contributed by atoms with Crippen molar-refractivity contribution in [1.29, 1.82) is 0 Å². The summed E-state index contributed by atoms with van der Waals surface area (Å²) >= 11 is 0. The summed E-state index contributed by atoms with van der Waals surface area (Å²) in [5.41, 5.74) is 3.29. The number of amides is 1. The molecule has 0 spiro atoms. The van der Waals surface area contributed by atoms with Crippen molar-refractivity contribution in [2.45, 2.75) is 12.8 Å². The minimum absolute atomic E-state index is 0.147. The summed E-state index contributed by atoms with van der Waals surface area (Å²) in [5, 5.41) is 2.90. The Kier molecular flexibility index (Phi) is 5.05. The molecule has 0 aliphatic heterocycles. The number of hydrogen-bond donors (Lipinski definition) is 2. The van der Waals surface area contributed by atoms with Crippen molar-refractivity contribution in [1.82, 2.24) is 25.3 Å². The van der Waals surface area contributed by atoms with Gasteiger partial charge in [0.2, 0.25) is 0 Å². The number of aromatic nitrogens is 4. The molecule has 0 radical (unpaired) electrons. The molecular weight excluding hydrogens is 357 g/mol. The fraction of sp³-hybridized carbons (Fsp3) is 0.143. The molecule has 140 valence electrons. The number of H-pyrrole nitrogens is 1. The van der Waals surface area contributed by atoms with Gasteiger partial charge in [-0.05, 0) is 48.9 Å². The molecule has 0 aliphatic rings.